The number of nitro benzene ring substituents is 1. The SMILES string of the molecule is CSc1c(OC(C)=O)cc(C)c2c3ccccc3n(Cc3cccc([N+](=O)[O-])c3)c12. The lowest BCUT2D eigenvalue weighted by Crippen LogP contribution is -2.05. The summed E-state index contributed by atoms with van der Waals surface area (Å²) < 4.78 is 7.66. The maximum Gasteiger partial charge on any atom is 0.308 e. The summed E-state index contributed by atoms with van der Waals surface area (Å²) in [6, 6.07) is 16.7. The van der Waals surface area contributed by atoms with Gasteiger partial charge >= 0.3 is 5.97 Å². The Kier molecular flexibility index (Phi) is 5.22. The summed E-state index contributed by atoms with van der Waals surface area (Å²) in [7, 11) is 0. The van der Waals surface area contributed by atoms with Crippen LogP contribution in [0.4, 0.5) is 5.69 Å². The zero-order valence-electron chi connectivity index (χ0n) is 16.8. The fourth-order valence-electron chi connectivity index (χ4n) is 3.93. The zero-order chi connectivity index (χ0) is 21.4. The van der Waals surface area contributed by atoms with Crippen LogP contribution in [-0.4, -0.2) is 21.7 Å². The van der Waals surface area contributed by atoms with Gasteiger partial charge in [-0.15, -0.1) is 11.8 Å². The van der Waals surface area contributed by atoms with Crippen LogP contribution in [0, 0.1) is 17.0 Å². The molecule has 0 unspecified atom stereocenters. The number of non-ortho nitro benzene ring substituents is 1. The number of nitro groups is 1. The Morgan fingerprint density at radius 1 is 1.17 bits per heavy atom. The van der Waals surface area contributed by atoms with Gasteiger partial charge in [0.05, 0.1) is 15.3 Å². The number of nitrogens with zero attached hydrogens (tertiary/aromatic N) is 2. The summed E-state index contributed by atoms with van der Waals surface area (Å²) in [4.78, 5) is 23.4. The van der Waals surface area contributed by atoms with Crippen LogP contribution < -0.4 is 4.74 Å². The number of esters is 1. The Morgan fingerprint density at radius 3 is 2.63 bits per heavy atom. The van der Waals surface area contributed by atoms with Crippen LogP contribution in [-0.2, 0) is 11.3 Å². The molecular weight excluding hydrogens is 400 g/mol. The molecule has 1 aromatic heterocycles. The van der Waals surface area contributed by atoms with Crippen molar-refractivity contribution in [2.24, 2.45) is 0 Å². The van der Waals surface area contributed by atoms with Crippen molar-refractivity contribution in [1.29, 1.82) is 0 Å². The molecule has 4 aromatic rings. The molecule has 0 aliphatic rings. The lowest BCUT2D eigenvalue weighted by molar-refractivity contribution is -0.384. The average Bonchev–Trinajstić information content (AvgIpc) is 3.03. The summed E-state index contributed by atoms with van der Waals surface area (Å²) in [6.07, 6.45) is 1.95. The minimum absolute atomic E-state index is 0.0649. The van der Waals surface area contributed by atoms with Gasteiger partial charge in [0.15, 0.2) is 0 Å². The van der Waals surface area contributed by atoms with Crippen molar-refractivity contribution in [3.63, 3.8) is 0 Å². The zero-order valence-corrected chi connectivity index (χ0v) is 17.7. The van der Waals surface area contributed by atoms with Gasteiger partial charge in [0.2, 0.25) is 0 Å². The lowest BCUT2D eigenvalue weighted by Gasteiger charge is -2.14. The maximum atomic E-state index is 11.7. The quantitative estimate of drug-likeness (QED) is 0.136. The number of benzene rings is 3. The number of rotatable bonds is 5. The molecule has 0 fully saturated rings. The molecule has 7 heteroatoms. The van der Waals surface area contributed by atoms with E-state index in [0.29, 0.717) is 12.3 Å². The van der Waals surface area contributed by atoms with E-state index in [2.05, 4.69) is 10.6 Å². The highest BCUT2D eigenvalue weighted by molar-refractivity contribution is 7.99. The summed E-state index contributed by atoms with van der Waals surface area (Å²) in [6.45, 7) is 3.86. The van der Waals surface area contributed by atoms with Crippen LogP contribution in [0.2, 0.25) is 0 Å². The van der Waals surface area contributed by atoms with Crippen molar-refractivity contribution < 1.29 is 14.5 Å². The van der Waals surface area contributed by atoms with Gasteiger partial charge in [0, 0.05) is 41.9 Å². The molecule has 6 nitrogen and oxygen atoms in total. The van der Waals surface area contributed by atoms with Crippen molar-refractivity contribution in [2.45, 2.75) is 25.3 Å². The number of carbonyl (C=O) groups is 1. The van der Waals surface area contributed by atoms with Crippen LogP contribution in [0.3, 0.4) is 0 Å². The van der Waals surface area contributed by atoms with Crippen molar-refractivity contribution in [3.8, 4) is 5.75 Å². The minimum Gasteiger partial charge on any atom is -0.425 e. The first-order valence-corrected chi connectivity index (χ1v) is 10.6. The molecule has 1 heterocycles. The molecule has 0 amide bonds. The van der Waals surface area contributed by atoms with Gasteiger partial charge in [-0.05, 0) is 36.4 Å². The van der Waals surface area contributed by atoms with Crippen LogP contribution in [0.25, 0.3) is 21.8 Å². The molecule has 152 valence electrons. The average molecular weight is 420 g/mol. The Morgan fingerprint density at radius 2 is 1.93 bits per heavy atom. The van der Waals surface area contributed by atoms with Gasteiger partial charge in [0.1, 0.15) is 5.75 Å². The molecule has 0 saturated heterocycles. The molecule has 30 heavy (non-hydrogen) atoms. The van der Waals surface area contributed by atoms with Crippen molar-refractivity contribution >= 4 is 45.2 Å². The molecule has 0 saturated carbocycles. The standard InChI is InChI=1S/C23H20N2O4S/c1-14-11-20(29-15(2)26)23(30-3)22-21(14)18-9-4-5-10-19(18)24(22)13-16-7-6-8-17(12-16)25(27)28/h4-12H,13H2,1-3H3. The molecule has 0 aliphatic heterocycles. The van der Waals surface area contributed by atoms with Crippen molar-refractivity contribution in [1.82, 2.24) is 4.57 Å². The minimum atomic E-state index is -0.383. The Bertz CT molecular complexity index is 1310. The molecular formula is C23H20N2O4S. The van der Waals surface area contributed by atoms with E-state index in [1.54, 1.807) is 12.1 Å². The van der Waals surface area contributed by atoms with Crippen LogP contribution in [0.1, 0.15) is 18.1 Å². The van der Waals surface area contributed by atoms with Crippen molar-refractivity contribution in [3.05, 3.63) is 75.8 Å². The highest BCUT2D eigenvalue weighted by atomic mass is 32.2. The van der Waals surface area contributed by atoms with Gasteiger partial charge in [-0.2, -0.15) is 0 Å². The normalized spacial score (nSPS) is 11.2. The Labute approximate surface area is 177 Å². The van der Waals surface area contributed by atoms with E-state index in [0.717, 1.165) is 37.8 Å². The highest BCUT2D eigenvalue weighted by Gasteiger charge is 2.21. The monoisotopic (exact) mass is 420 g/mol. The van der Waals surface area contributed by atoms with Gasteiger partial charge < -0.3 is 9.30 Å². The molecule has 0 radical (unpaired) electrons. The Hall–Kier alpha value is -3.32. The summed E-state index contributed by atoms with van der Waals surface area (Å²) in [5.74, 6) is 0.161. The first-order chi connectivity index (χ1) is 14.4. The number of ether oxygens (including phenoxy) is 1. The van der Waals surface area contributed by atoms with Gasteiger partial charge in [-0.1, -0.05) is 30.3 Å². The smallest absolute Gasteiger partial charge is 0.308 e. The third-order valence-corrected chi connectivity index (χ3v) is 5.87. The van der Waals surface area contributed by atoms with Gasteiger partial charge in [0.25, 0.3) is 5.69 Å². The third kappa shape index (κ3) is 3.41. The van der Waals surface area contributed by atoms with Crippen LogP contribution in [0.5, 0.6) is 5.75 Å². The lowest BCUT2D eigenvalue weighted by atomic mass is 10.1. The second-order valence-corrected chi connectivity index (χ2v) is 7.89. The predicted octanol–water partition coefficient (Wildman–Crippen LogP) is 5.71. The number of aromatic nitrogens is 1. The largest absolute Gasteiger partial charge is 0.425 e. The molecule has 0 bridgehead atoms. The number of thioether (sulfide) groups is 1. The van der Waals surface area contributed by atoms with Crippen LogP contribution in [0.15, 0.2) is 59.5 Å². The van der Waals surface area contributed by atoms with E-state index in [1.807, 2.05) is 43.5 Å². The molecule has 0 N–H and O–H groups in total. The number of carbonyl (C=O) groups excluding carboxylic acids is 1. The first kappa shape index (κ1) is 20.0. The molecule has 4 rings (SSSR count). The predicted molar refractivity (Wildman–Crippen MR) is 119 cm³/mol. The fraction of sp³-hybridized carbons (Fsp3) is 0.174. The number of aryl methyl sites for hydroxylation is 1. The van der Waals surface area contributed by atoms with Crippen molar-refractivity contribution in [2.75, 3.05) is 6.26 Å². The third-order valence-electron chi connectivity index (χ3n) is 5.07. The van der Waals surface area contributed by atoms with Gasteiger partial charge in [-0.25, -0.2) is 0 Å². The molecule has 3 aromatic carbocycles. The molecule has 0 atom stereocenters. The second-order valence-electron chi connectivity index (χ2n) is 7.07. The number of hydrogen-bond donors (Lipinski definition) is 0. The maximum absolute atomic E-state index is 11.7. The molecule has 0 spiro atoms. The summed E-state index contributed by atoms with van der Waals surface area (Å²) in [5, 5.41) is 13.4. The Balaban J connectivity index is 2.03. The number of fused-ring (bicyclic) bond motifs is 3. The fourth-order valence-corrected chi connectivity index (χ4v) is 4.64. The first-order valence-electron chi connectivity index (χ1n) is 9.41. The van der Waals surface area contributed by atoms with E-state index in [9.17, 15) is 14.9 Å². The summed E-state index contributed by atoms with van der Waals surface area (Å²) >= 11 is 1.52. The highest BCUT2D eigenvalue weighted by Crippen LogP contribution is 2.42. The van der Waals surface area contributed by atoms with E-state index in [4.69, 9.17) is 4.74 Å². The van der Waals surface area contributed by atoms with Crippen LogP contribution >= 0.6 is 11.8 Å². The van der Waals surface area contributed by atoms with Gasteiger partial charge in [-0.3, -0.25) is 14.9 Å². The van der Waals surface area contributed by atoms with E-state index < -0.39 is 0 Å². The molecule has 0 aliphatic carbocycles. The number of para-hydroxylation sites is 1. The summed E-state index contributed by atoms with van der Waals surface area (Å²) in [5.41, 5.74) is 3.89. The van der Waals surface area contributed by atoms with E-state index in [-0.39, 0.29) is 16.6 Å². The topological polar surface area (TPSA) is 74.4 Å². The van der Waals surface area contributed by atoms with E-state index >= 15 is 0 Å². The van der Waals surface area contributed by atoms with E-state index in [1.165, 1.54) is 24.8 Å². The number of hydrogen-bond acceptors (Lipinski definition) is 5. The second kappa shape index (κ2) is 7.84.